The topological polar surface area (TPSA) is 12.9 Å². The number of rotatable bonds is 1. The summed E-state index contributed by atoms with van der Waals surface area (Å²) in [6.45, 7) is 0. The van der Waals surface area contributed by atoms with Gasteiger partial charge in [0.05, 0.1) is 3.57 Å². The molecule has 0 unspecified atom stereocenters. The quantitative estimate of drug-likeness (QED) is 0.421. The molecule has 84 valence electrons. The maximum absolute atomic E-state index is 12.8. The van der Waals surface area contributed by atoms with Crippen LogP contribution in [0, 0.1) is 3.57 Å². The predicted molar refractivity (Wildman–Crippen MR) is 51.9 cm³/mol. The van der Waals surface area contributed by atoms with Gasteiger partial charge in [-0.3, -0.25) is 0 Å². The molecule has 1 rings (SSSR count). The van der Waals surface area contributed by atoms with Gasteiger partial charge in [-0.25, -0.2) is 4.98 Å². The second-order valence-electron chi connectivity index (χ2n) is 2.57. The largest absolute Gasteiger partial charge is 0.458 e. The summed E-state index contributed by atoms with van der Waals surface area (Å²) < 4.78 is 61.4. The van der Waals surface area contributed by atoms with Crippen LogP contribution in [0.25, 0.3) is 0 Å². The molecular weight excluding hydrogens is 355 g/mol. The fourth-order valence-electron chi connectivity index (χ4n) is 0.757. The molecule has 0 saturated carbocycles. The van der Waals surface area contributed by atoms with E-state index in [0.717, 1.165) is 0 Å². The smallest absolute Gasteiger partial charge is 0.243 e. The molecule has 0 spiro atoms. The maximum atomic E-state index is 12.8. The number of nitrogens with zero attached hydrogens (tertiary/aromatic N) is 1. The second kappa shape index (κ2) is 4.00. The summed E-state index contributed by atoms with van der Waals surface area (Å²) in [7, 11) is 0. The fourth-order valence-corrected chi connectivity index (χ4v) is 1.33. The van der Waals surface area contributed by atoms with E-state index in [1.165, 1.54) is 22.6 Å². The second-order valence-corrected chi connectivity index (χ2v) is 4.09. The highest BCUT2D eigenvalue weighted by atomic mass is 127. The van der Waals surface area contributed by atoms with Crippen molar-refractivity contribution in [3.05, 3.63) is 26.5 Å². The third-order valence-electron chi connectivity index (χ3n) is 1.51. The van der Waals surface area contributed by atoms with Crippen molar-refractivity contribution < 1.29 is 22.0 Å². The van der Waals surface area contributed by atoms with E-state index >= 15 is 0 Å². The van der Waals surface area contributed by atoms with Crippen LogP contribution >= 0.6 is 34.2 Å². The normalized spacial score (nSPS) is 13.0. The molecule has 0 bridgehead atoms. The third-order valence-corrected chi connectivity index (χ3v) is 2.96. The Morgan fingerprint density at radius 2 is 1.73 bits per heavy atom. The lowest BCUT2D eigenvalue weighted by Gasteiger charge is -2.19. The molecule has 0 aliphatic rings. The molecule has 15 heavy (non-hydrogen) atoms. The van der Waals surface area contributed by atoms with Gasteiger partial charge in [0.2, 0.25) is 0 Å². The summed E-state index contributed by atoms with van der Waals surface area (Å²) in [5.41, 5.74) is -1.22. The van der Waals surface area contributed by atoms with Crippen molar-refractivity contribution in [1.82, 2.24) is 4.98 Å². The minimum Gasteiger partial charge on any atom is -0.243 e. The first-order chi connectivity index (χ1) is 6.66. The molecule has 0 radical (unpaired) electrons. The average Bonchev–Trinajstić information content (AvgIpc) is 2.07. The van der Waals surface area contributed by atoms with E-state index in [0.29, 0.717) is 12.3 Å². The molecule has 0 atom stereocenters. The van der Waals surface area contributed by atoms with Crippen molar-refractivity contribution in [3.63, 3.8) is 0 Å². The van der Waals surface area contributed by atoms with Gasteiger partial charge in [-0.2, -0.15) is 22.0 Å². The van der Waals surface area contributed by atoms with Crippen molar-refractivity contribution in [2.24, 2.45) is 0 Å². The van der Waals surface area contributed by atoms with Crippen LogP contribution in [-0.2, 0) is 5.92 Å². The van der Waals surface area contributed by atoms with Crippen LogP contribution in [0.5, 0.6) is 0 Å². The van der Waals surface area contributed by atoms with E-state index in [1.807, 2.05) is 0 Å². The standard InChI is InChI=1S/C7H2ClF5IN/c8-5-4(14)1-3(2-15-5)6(9,10)7(11,12)13/h1-2H. The molecule has 8 heteroatoms. The van der Waals surface area contributed by atoms with Gasteiger partial charge in [-0.1, -0.05) is 11.6 Å². The summed E-state index contributed by atoms with van der Waals surface area (Å²) in [4.78, 5) is 3.24. The Hall–Kier alpha value is -0.180. The van der Waals surface area contributed by atoms with Crippen LogP contribution in [0.15, 0.2) is 12.3 Å². The lowest BCUT2D eigenvalue weighted by atomic mass is 10.1. The van der Waals surface area contributed by atoms with Crippen molar-refractivity contribution in [3.8, 4) is 0 Å². The molecule has 0 aliphatic carbocycles. The molecule has 0 aromatic carbocycles. The molecule has 1 nitrogen and oxygen atoms in total. The zero-order chi connectivity index (χ0) is 11.9. The van der Waals surface area contributed by atoms with Crippen molar-refractivity contribution in [2.45, 2.75) is 12.1 Å². The van der Waals surface area contributed by atoms with Gasteiger partial charge in [-0.05, 0) is 28.7 Å². The molecule has 0 aliphatic heterocycles. The molecular formula is C7H2ClF5IN. The van der Waals surface area contributed by atoms with Gasteiger partial charge in [-0.15, -0.1) is 0 Å². The van der Waals surface area contributed by atoms with Gasteiger partial charge in [0, 0.05) is 11.8 Å². The Kier molecular flexibility index (Phi) is 3.44. The number of aromatic nitrogens is 1. The molecule has 1 heterocycles. The van der Waals surface area contributed by atoms with Gasteiger partial charge in [0.1, 0.15) is 5.15 Å². The SMILES string of the molecule is FC(F)(F)C(F)(F)c1cnc(Cl)c(I)c1. The maximum Gasteiger partial charge on any atom is 0.458 e. The van der Waals surface area contributed by atoms with E-state index in [1.54, 1.807) is 0 Å². The average molecular weight is 357 g/mol. The summed E-state index contributed by atoms with van der Waals surface area (Å²) in [5, 5.41) is -0.114. The number of alkyl halides is 5. The Bertz CT molecular complexity index is 378. The van der Waals surface area contributed by atoms with Crippen molar-refractivity contribution >= 4 is 34.2 Å². The Balaban J connectivity index is 3.22. The van der Waals surface area contributed by atoms with Gasteiger partial charge >= 0.3 is 12.1 Å². The lowest BCUT2D eigenvalue weighted by molar-refractivity contribution is -0.289. The zero-order valence-corrected chi connectivity index (χ0v) is 9.66. The Labute approximate surface area is 99.8 Å². The van der Waals surface area contributed by atoms with E-state index in [4.69, 9.17) is 11.6 Å². The monoisotopic (exact) mass is 357 g/mol. The highest BCUT2D eigenvalue weighted by molar-refractivity contribution is 14.1. The minimum absolute atomic E-state index is 0.0377. The van der Waals surface area contributed by atoms with Crippen LogP contribution in [0.4, 0.5) is 22.0 Å². The minimum atomic E-state index is -5.63. The highest BCUT2D eigenvalue weighted by Crippen LogP contribution is 2.44. The Morgan fingerprint density at radius 1 is 1.20 bits per heavy atom. The van der Waals surface area contributed by atoms with Gasteiger partial charge in [0.15, 0.2) is 0 Å². The van der Waals surface area contributed by atoms with E-state index in [9.17, 15) is 22.0 Å². The highest BCUT2D eigenvalue weighted by Gasteiger charge is 2.59. The van der Waals surface area contributed by atoms with Crippen LogP contribution in [0.2, 0.25) is 5.15 Å². The summed E-state index contributed by atoms with van der Waals surface area (Å²) in [6, 6.07) is 0.656. The molecule has 0 fully saturated rings. The first kappa shape index (κ1) is 12.9. The van der Waals surface area contributed by atoms with E-state index in [2.05, 4.69) is 4.98 Å². The van der Waals surface area contributed by atoms with Crippen LogP contribution in [-0.4, -0.2) is 11.2 Å². The molecule has 0 saturated heterocycles. The first-order valence-corrected chi connectivity index (χ1v) is 4.88. The Morgan fingerprint density at radius 3 is 2.13 bits per heavy atom. The summed E-state index contributed by atoms with van der Waals surface area (Å²) >= 11 is 6.92. The van der Waals surface area contributed by atoms with E-state index < -0.39 is 17.7 Å². The number of hydrogen-bond donors (Lipinski definition) is 0. The lowest BCUT2D eigenvalue weighted by Crippen LogP contribution is -2.33. The van der Waals surface area contributed by atoms with E-state index in [-0.39, 0.29) is 8.72 Å². The number of pyridine rings is 1. The van der Waals surface area contributed by atoms with Crippen molar-refractivity contribution in [1.29, 1.82) is 0 Å². The molecule has 1 aromatic heterocycles. The first-order valence-electron chi connectivity index (χ1n) is 3.42. The zero-order valence-electron chi connectivity index (χ0n) is 6.75. The third kappa shape index (κ3) is 2.49. The molecule has 0 N–H and O–H groups in total. The number of halogens is 7. The summed E-state index contributed by atoms with van der Waals surface area (Å²) in [5.74, 6) is -4.91. The van der Waals surface area contributed by atoms with Crippen molar-refractivity contribution in [2.75, 3.05) is 0 Å². The fraction of sp³-hybridized carbons (Fsp3) is 0.286. The predicted octanol–water partition coefficient (Wildman–Crippen LogP) is 3.99. The summed E-state index contributed by atoms with van der Waals surface area (Å²) in [6.07, 6.45) is -5.22. The van der Waals surface area contributed by atoms with Crippen LogP contribution in [0.3, 0.4) is 0 Å². The van der Waals surface area contributed by atoms with Gasteiger partial charge < -0.3 is 0 Å². The van der Waals surface area contributed by atoms with Crippen LogP contribution < -0.4 is 0 Å². The molecule has 0 amide bonds. The van der Waals surface area contributed by atoms with Crippen LogP contribution in [0.1, 0.15) is 5.56 Å². The molecule has 1 aromatic rings. The van der Waals surface area contributed by atoms with Gasteiger partial charge in [0.25, 0.3) is 0 Å². The number of hydrogen-bond acceptors (Lipinski definition) is 1.